The van der Waals surface area contributed by atoms with E-state index in [1.54, 1.807) is 24.1 Å². The molecule has 2 amide bonds. The second-order valence-corrected chi connectivity index (χ2v) is 7.06. The maximum Gasteiger partial charge on any atom is 0.257 e. The van der Waals surface area contributed by atoms with E-state index >= 15 is 0 Å². The molecule has 4 rings (SSSR count). The summed E-state index contributed by atoms with van der Waals surface area (Å²) in [7, 11) is 1.59. The highest BCUT2D eigenvalue weighted by molar-refractivity contribution is 6.06. The Bertz CT molecular complexity index is 861. The smallest absolute Gasteiger partial charge is 0.257 e. The average Bonchev–Trinajstić information content (AvgIpc) is 3.21. The number of ether oxygens (including phenoxy) is 2. The highest BCUT2D eigenvalue weighted by Gasteiger charge is 2.50. The minimum atomic E-state index is -0.406. The molecule has 3 heterocycles. The van der Waals surface area contributed by atoms with Gasteiger partial charge in [-0.1, -0.05) is 0 Å². The Morgan fingerprint density at radius 1 is 1.38 bits per heavy atom. The molecule has 138 valence electrons. The number of methoxy groups -OCH3 is 1. The van der Waals surface area contributed by atoms with Gasteiger partial charge >= 0.3 is 0 Å². The predicted molar refractivity (Wildman–Crippen MR) is 94.1 cm³/mol. The van der Waals surface area contributed by atoms with Crippen molar-refractivity contribution in [2.75, 3.05) is 33.4 Å². The van der Waals surface area contributed by atoms with Gasteiger partial charge in [-0.3, -0.25) is 9.59 Å². The first-order valence-corrected chi connectivity index (χ1v) is 8.73. The number of hydrogen-bond donors (Lipinski definition) is 1. The van der Waals surface area contributed by atoms with Gasteiger partial charge in [0.05, 0.1) is 24.8 Å². The van der Waals surface area contributed by atoms with Crippen molar-refractivity contribution in [2.45, 2.75) is 18.9 Å². The fourth-order valence-corrected chi connectivity index (χ4v) is 4.13. The molecule has 0 saturated carbocycles. The Morgan fingerprint density at radius 3 is 3.00 bits per heavy atom. The summed E-state index contributed by atoms with van der Waals surface area (Å²) in [5.41, 5.74) is 0.749. The molecule has 1 N–H and O–H groups in total. The number of carbonyl (C=O) groups is 2. The minimum Gasteiger partial charge on any atom is -0.497 e. The lowest BCUT2D eigenvalue weighted by molar-refractivity contribution is -0.122. The molecular formula is C19H22N2O5. The lowest BCUT2D eigenvalue weighted by atomic mass is 9.83. The number of carbonyl (C=O) groups excluding carboxylic acids is 2. The van der Waals surface area contributed by atoms with Crippen LogP contribution in [0, 0.1) is 5.92 Å². The molecular weight excluding hydrogens is 336 g/mol. The van der Waals surface area contributed by atoms with Crippen LogP contribution >= 0.6 is 0 Å². The van der Waals surface area contributed by atoms with Gasteiger partial charge in [-0.05, 0) is 24.6 Å². The lowest BCUT2D eigenvalue weighted by Crippen LogP contribution is -2.57. The molecule has 7 heteroatoms. The molecule has 2 atom stereocenters. The predicted octanol–water partition coefficient (Wildman–Crippen LogP) is 1.81. The van der Waals surface area contributed by atoms with Gasteiger partial charge < -0.3 is 24.1 Å². The van der Waals surface area contributed by atoms with Crippen LogP contribution in [0.3, 0.4) is 0 Å². The van der Waals surface area contributed by atoms with E-state index in [2.05, 4.69) is 5.32 Å². The maximum absolute atomic E-state index is 13.2. The summed E-state index contributed by atoms with van der Waals surface area (Å²) >= 11 is 0. The third kappa shape index (κ3) is 2.72. The molecule has 0 unspecified atom stereocenters. The van der Waals surface area contributed by atoms with Crippen molar-refractivity contribution in [1.29, 1.82) is 0 Å². The highest BCUT2D eigenvalue weighted by atomic mass is 16.5. The summed E-state index contributed by atoms with van der Waals surface area (Å²) in [5, 5.41) is 3.82. The first-order chi connectivity index (χ1) is 12.5. The quantitative estimate of drug-likeness (QED) is 0.905. The largest absolute Gasteiger partial charge is 0.497 e. The van der Waals surface area contributed by atoms with Crippen LogP contribution in [0.1, 0.15) is 23.7 Å². The first-order valence-electron chi connectivity index (χ1n) is 8.73. The van der Waals surface area contributed by atoms with E-state index in [4.69, 9.17) is 13.9 Å². The summed E-state index contributed by atoms with van der Waals surface area (Å²) in [6.45, 7) is 3.68. The Hall–Kier alpha value is -2.54. The molecule has 2 aromatic rings. The summed E-state index contributed by atoms with van der Waals surface area (Å²) in [4.78, 5) is 26.7. The molecule has 2 aliphatic heterocycles. The summed E-state index contributed by atoms with van der Waals surface area (Å²) in [6.07, 6.45) is 2.21. The Labute approximate surface area is 151 Å². The van der Waals surface area contributed by atoms with Gasteiger partial charge in [-0.25, -0.2) is 0 Å². The summed E-state index contributed by atoms with van der Waals surface area (Å²) < 4.78 is 16.4. The van der Waals surface area contributed by atoms with E-state index in [0.29, 0.717) is 49.6 Å². The average molecular weight is 358 g/mol. The fraction of sp³-hybridized carbons (Fsp3) is 0.474. The molecule has 2 fully saturated rings. The van der Waals surface area contributed by atoms with Crippen LogP contribution in [-0.4, -0.2) is 55.7 Å². The SMILES string of the molecule is COc1ccc2occ(C(=O)N3C[C@@H]4COCC[C@]4(NC(C)=O)C3)c2c1. The number of hydrogen-bond acceptors (Lipinski definition) is 5. The van der Waals surface area contributed by atoms with Crippen molar-refractivity contribution in [3.8, 4) is 5.75 Å². The van der Waals surface area contributed by atoms with Crippen molar-refractivity contribution in [3.05, 3.63) is 30.0 Å². The first kappa shape index (κ1) is 16.9. The van der Waals surface area contributed by atoms with Gasteiger partial charge in [0.1, 0.15) is 17.6 Å². The van der Waals surface area contributed by atoms with E-state index in [0.717, 1.165) is 5.39 Å². The minimum absolute atomic E-state index is 0.0790. The van der Waals surface area contributed by atoms with Crippen molar-refractivity contribution in [2.24, 2.45) is 5.92 Å². The van der Waals surface area contributed by atoms with Crippen molar-refractivity contribution in [1.82, 2.24) is 10.2 Å². The zero-order valence-electron chi connectivity index (χ0n) is 14.9. The van der Waals surface area contributed by atoms with Crippen LogP contribution in [0.2, 0.25) is 0 Å². The topological polar surface area (TPSA) is 81.0 Å². The highest BCUT2D eigenvalue weighted by Crippen LogP contribution is 2.36. The van der Waals surface area contributed by atoms with E-state index in [1.807, 2.05) is 6.07 Å². The normalized spacial score (nSPS) is 25.2. The van der Waals surface area contributed by atoms with E-state index in [-0.39, 0.29) is 17.7 Å². The van der Waals surface area contributed by atoms with Crippen LogP contribution in [0.5, 0.6) is 5.75 Å². The Kier molecular flexibility index (Phi) is 4.11. The molecule has 2 aliphatic rings. The number of fused-ring (bicyclic) bond motifs is 2. The third-order valence-corrected chi connectivity index (χ3v) is 5.43. The van der Waals surface area contributed by atoms with Gasteiger partial charge in [0, 0.05) is 37.9 Å². The van der Waals surface area contributed by atoms with E-state index < -0.39 is 5.54 Å². The van der Waals surface area contributed by atoms with Crippen LogP contribution < -0.4 is 10.1 Å². The van der Waals surface area contributed by atoms with E-state index in [9.17, 15) is 9.59 Å². The molecule has 0 bridgehead atoms. The molecule has 2 saturated heterocycles. The molecule has 7 nitrogen and oxygen atoms in total. The molecule has 1 aromatic carbocycles. The molecule has 0 radical (unpaired) electrons. The molecule has 1 aromatic heterocycles. The number of furan rings is 1. The number of likely N-dealkylation sites (tertiary alicyclic amines) is 1. The summed E-state index contributed by atoms with van der Waals surface area (Å²) in [6, 6.07) is 5.40. The molecule has 26 heavy (non-hydrogen) atoms. The number of rotatable bonds is 3. The Balaban J connectivity index is 1.64. The zero-order chi connectivity index (χ0) is 18.3. The van der Waals surface area contributed by atoms with Crippen LogP contribution in [0.25, 0.3) is 11.0 Å². The van der Waals surface area contributed by atoms with Crippen LogP contribution in [0.15, 0.2) is 28.9 Å². The van der Waals surface area contributed by atoms with Crippen molar-refractivity contribution < 1.29 is 23.5 Å². The maximum atomic E-state index is 13.2. The molecule has 0 aliphatic carbocycles. The van der Waals surface area contributed by atoms with Crippen LogP contribution in [-0.2, 0) is 9.53 Å². The second kappa shape index (κ2) is 6.32. The second-order valence-electron chi connectivity index (χ2n) is 7.06. The Morgan fingerprint density at radius 2 is 2.23 bits per heavy atom. The number of benzene rings is 1. The zero-order valence-corrected chi connectivity index (χ0v) is 14.9. The van der Waals surface area contributed by atoms with Gasteiger partial charge in [-0.2, -0.15) is 0 Å². The van der Waals surface area contributed by atoms with Crippen molar-refractivity contribution >= 4 is 22.8 Å². The van der Waals surface area contributed by atoms with Gasteiger partial charge in [0.15, 0.2) is 0 Å². The van der Waals surface area contributed by atoms with Gasteiger partial charge in [-0.15, -0.1) is 0 Å². The lowest BCUT2D eigenvalue weighted by Gasteiger charge is -2.38. The number of nitrogens with one attached hydrogen (secondary N) is 1. The number of nitrogens with zero attached hydrogens (tertiary/aromatic N) is 1. The third-order valence-electron chi connectivity index (χ3n) is 5.43. The van der Waals surface area contributed by atoms with Crippen molar-refractivity contribution in [3.63, 3.8) is 0 Å². The van der Waals surface area contributed by atoms with Gasteiger partial charge in [0.25, 0.3) is 5.91 Å². The molecule has 0 spiro atoms. The van der Waals surface area contributed by atoms with Gasteiger partial charge in [0.2, 0.25) is 5.91 Å². The van der Waals surface area contributed by atoms with E-state index in [1.165, 1.54) is 13.2 Å². The summed E-state index contributed by atoms with van der Waals surface area (Å²) in [5.74, 6) is 0.587. The number of amides is 2. The monoisotopic (exact) mass is 358 g/mol. The standard InChI is InChI=1S/C19H22N2O5/c1-12(22)20-19-5-6-25-9-13(19)8-21(11-19)18(23)16-10-26-17-4-3-14(24-2)7-15(16)17/h3-4,7,10,13H,5-6,8-9,11H2,1-2H3,(H,20,22)/t13-,19+/m1/s1. The fourth-order valence-electron chi connectivity index (χ4n) is 4.13. The van der Waals surface area contributed by atoms with Crippen LogP contribution in [0.4, 0.5) is 0 Å².